The molecule has 202 valence electrons. The zero-order valence-corrected chi connectivity index (χ0v) is 21.6. The van der Waals surface area contributed by atoms with E-state index in [0.717, 1.165) is 47.9 Å². The van der Waals surface area contributed by atoms with Gasteiger partial charge < -0.3 is 25.2 Å². The van der Waals surface area contributed by atoms with Crippen molar-refractivity contribution in [2.75, 3.05) is 13.2 Å². The largest absolute Gasteiger partial charge is 0.480 e. The molecule has 2 amide bonds. The third-order valence-electron chi connectivity index (χ3n) is 7.09. The zero-order valence-electron chi connectivity index (χ0n) is 21.6. The summed E-state index contributed by atoms with van der Waals surface area (Å²) in [5.74, 6) is -1.22. The predicted molar refractivity (Wildman–Crippen MR) is 144 cm³/mol. The van der Waals surface area contributed by atoms with Gasteiger partial charge in [0.1, 0.15) is 18.8 Å². The van der Waals surface area contributed by atoms with Gasteiger partial charge in [0.25, 0.3) is 0 Å². The Kier molecular flexibility index (Phi) is 9.78. The Bertz CT molecular complexity index is 1100. The minimum absolute atomic E-state index is 0.0971. The molecule has 2 atom stereocenters. The Morgan fingerprint density at radius 1 is 0.921 bits per heavy atom. The topological polar surface area (TPSA) is 114 Å². The quantitative estimate of drug-likeness (QED) is 0.271. The smallest absolute Gasteiger partial charge is 0.407 e. The van der Waals surface area contributed by atoms with Crippen LogP contribution in [0.4, 0.5) is 9.59 Å². The lowest BCUT2D eigenvalue weighted by Gasteiger charge is -2.18. The fraction of sp³-hybridized carbons (Fsp3) is 0.433. The number of allylic oxidation sites excluding steroid dienone is 1. The number of hydrogen-bond donors (Lipinski definition) is 3. The Morgan fingerprint density at radius 3 is 2.34 bits per heavy atom. The number of ether oxygens (including phenoxy) is 2. The fourth-order valence-corrected chi connectivity index (χ4v) is 5.11. The van der Waals surface area contributed by atoms with Crippen molar-refractivity contribution in [3.05, 3.63) is 71.8 Å². The molecule has 0 aromatic heterocycles. The van der Waals surface area contributed by atoms with Crippen molar-refractivity contribution < 1.29 is 29.0 Å². The van der Waals surface area contributed by atoms with Crippen LogP contribution in [0.1, 0.15) is 68.4 Å². The number of aliphatic carboxylic acids is 1. The maximum atomic E-state index is 12.5. The molecule has 0 bridgehead atoms. The van der Waals surface area contributed by atoms with Crippen LogP contribution in [0.3, 0.4) is 0 Å². The number of rotatable bonds is 10. The van der Waals surface area contributed by atoms with Gasteiger partial charge in [-0.2, -0.15) is 0 Å². The Hall–Kier alpha value is -3.81. The first kappa shape index (κ1) is 27.2. The lowest BCUT2D eigenvalue weighted by Crippen LogP contribution is -2.41. The van der Waals surface area contributed by atoms with E-state index in [2.05, 4.69) is 28.8 Å². The van der Waals surface area contributed by atoms with Crippen molar-refractivity contribution in [3.8, 4) is 11.1 Å². The number of fused-ring (bicyclic) bond motifs is 3. The summed E-state index contributed by atoms with van der Waals surface area (Å²) in [5, 5.41) is 14.8. The highest BCUT2D eigenvalue weighted by atomic mass is 16.6. The molecule has 2 aromatic rings. The van der Waals surface area contributed by atoms with Crippen molar-refractivity contribution in [3.63, 3.8) is 0 Å². The van der Waals surface area contributed by atoms with E-state index >= 15 is 0 Å². The molecule has 0 saturated heterocycles. The number of unbranched alkanes of at least 4 members (excludes halogenated alkanes) is 1. The zero-order chi connectivity index (χ0) is 26.7. The summed E-state index contributed by atoms with van der Waals surface area (Å²) in [6, 6.07) is 15.0. The highest BCUT2D eigenvalue weighted by molar-refractivity contribution is 5.81. The molecule has 1 unspecified atom stereocenters. The number of amides is 2. The molecule has 8 nitrogen and oxygen atoms in total. The lowest BCUT2D eigenvalue weighted by atomic mass is 9.98. The van der Waals surface area contributed by atoms with Crippen molar-refractivity contribution in [2.24, 2.45) is 0 Å². The van der Waals surface area contributed by atoms with Crippen LogP contribution >= 0.6 is 0 Å². The summed E-state index contributed by atoms with van der Waals surface area (Å²) < 4.78 is 10.9. The standard InChI is InChI=1S/C30H36N2O6/c33-28(34)27(18-10-11-19-31-29(35)38-21-12-4-2-1-3-5-13-21)32-30(36)37-20-26-24-16-8-6-14-22(24)23-15-7-9-17-25(23)26/h4,6-9,12,14-17,21,26-27H,1-3,5,10-11,13,18-20H2,(H,31,35)(H,32,36)(H,33,34)/b12-4+/t21?,27-/m0/s1. The summed E-state index contributed by atoms with van der Waals surface area (Å²) in [6.45, 7) is 0.487. The van der Waals surface area contributed by atoms with Gasteiger partial charge in [0.2, 0.25) is 0 Å². The van der Waals surface area contributed by atoms with Crippen LogP contribution in [0.2, 0.25) is 0 Å². The maximum absolute atomic E-state index is 12.5. The number of hydrogen-bond acceptors (Lipinski definition) is 5. The number of carbonyl (C=O) groups is 3. The van der Waals surface area contributed by atoms with Crippen LogP contribution in [-0.4, -0.2) is 48.6 Å². The van der Waals surface area contributed by atoms with E-state index in [1.165, 1.54) is 6.42 Å². The molecule has 0 saturated carbocycles. The second-order valence-electron chi connectivity index (χ2n) is 9.79. The highest BCUT2D eigenvalue weighted by Crippen LogP contribution is 2.44. The molecule has 8 heteroatoms. The van der Waals surface area contributed by atoms with Gasteiger partial charge in [-0.15, -0.1) is 0 Å². The summed E-state index contributed by atoms with van der Waals surface area (Å²) in [7, 11) is 0. The Morgan fingerprint density at radius 2 is 1.63 bits per heavy atom. The van der Waals surface area contributed by atoms with Crippen molar-refractivity contribution in [1.82, 2.24) is 10.6 Å². The summed E-state index contributed by atoms with van der Waals surface area (Å²) in [4.78, 5) is 36.2. The number of carboxylic acids is 1. The van der Waals surface area contributed by atoms with E-state index in [1.807, 2.05) is 42.5 Å². The van der Waals surface area contributed by atoms with Crippen LogP contribution < -0.4 is 10.6 Å². The van der Waals surface area contributed by atoms with E-state index in [4.69, 9.17) is 9.47 Å². The van der Waals surface area contributed by atoms with Crippen LogP contribution in [0, 0.1) is 0 Å². The minimum Gasteiger partial charge on any atom is -0.480 e. The molecule has 38 heavy (non-hydrogen) atoms. The third kappa shape index (κ3) is 7.37. The molecule has 2 aromatic carbocycles. The van der Waals surface area contributed by atoms with Gasteiger partial charge in [0.15, 0.2) is 0 Å². The van der Waals surface area contributed by atoms with Gasteiger partial charge in [-0.05, 0) is 73.3 Å². The molecule has 0 spiro atoms. The van der Waals surface area contributed by atoms with E-state index in [1.54, 1.807) is 0 Å². The first-order chi connectivity index (χ1) is 18.5. The second kappa shape index (κ2) is 13.7. The SMILES string of the molecule is O=C(N[C@@H](CCCCNC(=O)OC1/C=C/CCCCC1)C(=O)O)OCC1c2ccccc2-c2ccccc21. The van der Waals surface area contributed by atoms with Crippen LogP contribution in [0.15, 0.2) is 60.7 Å². The highest BCUT2D eigenvalue weighted by Gasteiger charge is 2.29. The molecule has 2 aliphatic rings. The maximum Gasteiger partial charge on any atom is 0.407 e. The Labute approximate surface area is 223 Å². The first-order valence-electron chi connectivity index (χ1n) is 13.5. The normalized spacial score (nSPS) is 18.2. The monoisotopic (exact) mass is 520 g/mol. The van der Waals surface area contributed by atoms with Crippen LogP contribution in [-0.2, 0) is 14.3 Å². The van der Waals surface area contributed by atoms with Crippen molar-refractivity contribution in [1.29, 1.82) is 0 Å². The average molecular weight is 521 g/mol. The molecule has 2 aliphatic carbocycles. The summed E-state index contributed by atoms with van der Waals surface area (Å²) in [5.41, 5.74) is 4.43. The molecular formula is C30H36N2O6. The number of nitrogens with one attached hydrogen (secondary N) is 2. The molecule has 0 aliphatic heterocycles. The van der Waals surface area contributed by atoms with Gasteiger partial charge in [-0.3, -0.25) is 0 Å². The number of carboxylic acid groups (broad SMARTS) is 1. The molecule has 0 heterocycles. The third-order valence-corrected chi connectivity index (χ3v) is 7.09. The van der Waals surface area contributed by atoms with Crippen molar-refractivity contribution in [2.45, 2.75) is 69.4 Å². The number of carbonyl (C=O) groups excluding carboxylic acids is 2. The van der Waals surface area contributed by atoms with Gasteiger partial charge in [0, 0.05) is 12.5 Å². The second-order valence-corrected chi connectivity index (χ2v) is 9.79. The van der Waals surface area contributed by atoms with Gasteiger partial charge in [-0.1, -0.05) is 61.0 Å². The van der Waals surface area contributed by atoms with Crippen LogP contribution in [0.25, 0.3) is 11.1 Å². The molecule has 0 fully saturated rings. The van der Waals surface area contributed by atoms with Crippen LogP contribution in [0.5, 0.6) is 0 Å². The van der Waals surface area contributed by atoms with Gasteiger partial charge in [-0.25, -0.2) is 14.4 Å². The lowest BCUT2D eigenvalue weighted by molar-refractivity contribution is -0.139. The van der Waals surface area contributed by atoms with E-state index in [0.29, 0.717) is 19.4 Å². The predicted octanol–water partition coefficient (Wildman–Crippen LogP) is 5.76. The molecule has 0 radical (unpaired) electrons. The minimum atomic E-state index is -1.12. The van der Waals surface area contributed by atoms with Gasteiger partial charge in [0.05, 0.1) is 0 Å². The number of benzene rings is 2. The van der Waals surface area contributed by atoms with Gasteiger partial charge >= 0.3 is 18.2 Å². The van der Waals surface area contributed by atoms with E-state index in [9.17, 15) is 19.5 Å². The fourth-order valence-electron chi connectivity index (χ4n) is 5.11. The van der Waals surface area contributed by atoms with E-state index < -0.39 is 24.2 Å². The number of alkyl carbamates (subject to hydrolysis) is 2. The first-order valence-corrected chi connectivity index (χ1v) is 13.5. The molecular weight excluding hydrogens is 484 g/mol. The molecule has 4 rings (SSSR count). The molecule has 3 N–H and O–H groups in total. The Balaban J connectivity index is 1.18. The average Bonchev–Trinajstić information content (AvgIpc) is 3.21. The summed E-state index contributed by atoms with van der Waals surface area (Å²) in [6.07, 6.45) is 9.06. The van der Waals surface area contributed by atoms with E-state index in [-0.39, 0.29) is 25.0 Å². The summed E-state index contributed by atoms with van der Waals surface area (Å²) >= 11 is 0. The van der Waals surface area contributed by atoms with Crippen molar-refractivity contribution >= 4 is 18.2 Å².